The molecular formula is C31H40N4O5. The van der Waals surface area contributed by atoms with E-state index in [-0.39, 0.29) is 24.2 Å². The minimum Gasteiger partial charge on any atom is -0.485 e. The molecule has 9 heteroatoms. The number of methoxy groups -OCH3 is 1. The van der Waals surface area contributed by atoms with Crippen molar-refractivity contribution in [2.24, 2.45) is 10.7 Å². The van der Waals surface area contributed by atoms with Crippen LogP contribution in [0.1, 0.15) is 92.0 Å². The summed E-state index contributed by atoms with van der Waals surface area (Å²) in [5, 5.41) is 14.4. The number of hydrogen-bond donors (Lipinski definition) is 3. The van der Waals surface area contributed by atoms with Crippen molar-refractivity contribution in [3.05, 3.63) is 64.7 Å². The molecule has 0 aromatic heterocycles. The van der Waals surface area contributed by atoms with E-state index in [1.165, 1.54) is 0 Å². The van der Waals surface area contributed by atoms with Crippen LogP contribution in [0.3, 0.4) is 0 Å². The van der Waals surface area contributed by atoms with E-state index in [2.05, 4.69) is 12.2 Å². The normalized spacial score (nSPS) is 27.9. The number of benzene rings is 2. The number of rotatable bonds is 4. The van der Waals surface area contributed by atoms with Gasteiger partial charge in [0.25, 0.3) is 5.91 Å². The van der Waals surface area contributed by atoms with Gasteiger partial charge in [0.1, 0.15) is 17.5 Å². The van der Waals surface area contributed by atoms with Crippen molar-refractivity contribution in [3.8, 4) is 5.75 Å². The fourth-order valence-electron chi connectivity index (χ4n) is 6.26. The van der Waals surface area contributed by atoms with Gasteiger partial charge in [-0.05, 0) is 81.3 Å². The van der Waals surface area contributed by atoms with Gasteiger partial charge in [-0.1, -0.05) is 25.1 Å². The van der Waals surface area contributed by atoms with Crippen molar-refractivity contribution >= 4 is 17.8 Å². The number of ether oxygens (including phenoxy) is 2. The zero-order valence-corrected chi connectivity index (χ0v) is 23.8. The highest BCUT2D eigenvalue weighted by molar-refractivity contribution is 6.00. The van der Waals surface area contributed by atoms with Crippen molar-refractivity contribution in [2.75, 3.05) is 13.7 Å². The molecule has 40 heavy (non-hydrogen) atoms. The number of carbonyl (C=O) groups excluding carboxylic acids is 2. The Bertz CT molecular complexity index is 1320. The number of amides is 2. The van der Waals surface area contributed by atoms with Gasteiger partial charge in [-0.25, -0.2) is 4.99 Å². The molecule has 0 saturated heterocycles. The van der Waals surface area contributed by atoms with Crippen molar-refractivity contribution in [1.82, 2.24) is 10.2 Å². The average molecular weight is 549 g/mol. The van der Waals surface area contributed by atoms with E-state index in [0.29, 0.717) is 37.2 Å². The summed E-state index contributed by atoms with van der Waals surface area (Å²) in [6, 6.07) is 12.1. The summed E-state index contributed by atoms with van der Waals surface area (Å²) in [5.74, 6) is 0.453. The second-order valence-corrected chi connectivity index (χ2v) is 11.7. The van der Waals surface area contributed by atoms with E-state index < -0.39 is 29.3 Å². The lowest BCUT2D eigenvalue weighted by atomic mass is 9.83. The topological polar surface area (TPSA) is 126 Å². The molecule has 0 radical (unpaired) electrons. The standard InChI is InChI=1S/C31H40N4O5/c1-5-31-14-7-8-19-11-12-24-22(16-19)26(27(37)30(2,3)40-24)33-28(38)21-10-6-9-20(17-21)23(13-15-39-4)35(25(36)18-31)29(32)34-31/h6,9-12,16-17,23,26-27,37H,5,7-8,13-15,18H2,1-4H3,(H2,32,34)(H,33,38)/t23-,26-,27+,31?/m1/s1. The maximum Gasteiger partial charge on any atom is 0.251 e. The number of aliphatic imine (C=N–C) groups is 1. The highest BCUT2D eigenvalue weighted by atomic mass is 16.5. The zero-order valence-electron chi connectivity index (χ0n) is 23.8. The molecule has 6 bridgehead atoms. The Morgan fingerprint density at radius 3 is 2.75 bits per heavy atom. The van der Waals surface area contributed by atoms with E-state index in [4.69, 9.17) is 20.2 Å². The lowest BCUT2D eigenvalue weighted by Crippen LogP contribution is -2.53. The largest absolute Gasteiger partial charge is 0.485 e. The summed E-state index contributed by atoms with van der Waals surface area (Å²) in [7, 11) is 1.61. The van der Waals surface area contributed by atoms with E-state index in [9.17, 15) is 14.7 Å². The number of aliphatic hydroxyl groups excluding tert-OH is 1. The van der Waals surface area contributed by atoms with Crippen LogP contribution in [-0.2, 0) is 16.0 Å². The Labute approximate surface area is 235 Å². The van der Waals surface area contributed by atoms with Crippen LogP contribution in [0.15, 0.2) is 47.5 Å². The van der Waals surface area contributed by atoms with Crippen molar-refractivity contribution in [2.45, 2.75) is 88.6 Å². The maximum absolute atomic E-state index is 13.7. The summed E-state index contributed by atoms with van der Waals surface area (Å²) >= 11 is 0. The molecule has 4 atom stereocenters. The molecule has 0 aliphatic carbocycles. The summed E-state index contributed by atoms with van der Waals surface area (Å²) in [4.78, 5) is 33.9. The molecular weight excluding hydrogens is 508 g/mol. The second-order valence-electron chi connectivity index (χ2n) is 11.7. The number of aryl methyl sites for hydroxylation is 1. The first-order chi connectivity index (χ1) is 19.1. The van der Waals surface area contributed by atoms with Crippen LogP contribution < -0.4 is 15.8 Å². The molecule has 0 spiro atoms. The molecule has 2 amide bonds. The number of aliphatic hydroxyl groups is 1. The smallest absolute Gasteiger partial charge is 0.251 e. The molecule has 0 fully saturated rings. The number of nitrogens with one attached hydrogen (secondary N) is 1. The number of hydrogen-bond acceptors (Lipinski definition) is 7. The number of fused-ring (bicyclic) bond motifs is 4. The molecule has 2 aromatic rings. The van der Waals surface area contributed by atoms with Gasteiger partial charge in [0.15, 0.2) is 5.96 Å². The summed E-state index contributed by atoms with van der Waals surface area (Å²) in [5.41, 5.74) is 8.08. The number of nitrogens with zero attached hydrogens (tertiary/aromatic N) is 2. The van der Waals surface area contributed by atoms with Crippen molar-refractivity contribution < 1.29 is 24.2 Å². The minimum absolute atomic E-state index is 0.0743. The molecule has 9 nitrogen and oxygen atoms in total. The quantitative estimate of drug-likeness (QED) is 0.534. The monoisotopic (exact) mass is 548 g/mol. The van der Waals surface area contributed by atoms with E-state index >= 15 is 0 Å². The summed E-state index contributed by atoms with van der Waals surface area (Å²) < 4.78 is 11.5. The average Bonchev–Trinajstić information content (AvgIpc) is 2.92. The predicted molar refractivity (Wildman–Crippen MR) is 152 cm³/mol. The molecule has 2 aromatic carbocycles. The highest BCUT2D eigenvalue weighted by Gasteiger charge is 2.44. The van der Waals surface area contributed by atoms with Gasteiger partial charge in [0.05, 0.1) is 24.0 Å². The number of carbonyl (C=O) groups is 2. The zero-order chi connectivity index (χ0) is 28.7. The van der Waals surface area contributed by atoms with Gasteiger partial charge in [0, 0.05) is 24.8 Å². The Morgan fingerprint density at radius 2 is 2.02 bits per heavy atom. The fraction of sp³-hybridized carbons (Fsp3) is 0.516. The van der Waals surface area contributed by atoms with Crippen molar-refractivity contribution in [1.29, 1.82) is 0 Å². The van der Waals surface area contributed by atoms with E-state index in [0.717, 1.165) is 29.5 Å². The van der Waals surface area contributed by atoms with Crippen LogP contribution in [0.25, 0.3) is 0 Å². The van der Waals surface area contributed by atoms with Crippen LogP contribution in [0.2, 0.25) is 0 Å². The first kappa shape index (κ1) is 28.1. The van der Waals surface area contributed by atoms with E-state index in [1.54, 1.807) is 30.2 Å². The highest BCUT2D eigenvalue weighted by Crippen LogP contribution is 2.41. The van der Waals surface area contributed by atoms with Crippen LogP contribution in [0, 0.1) is 0 Å². The number of nitrogens with two attached hydrogens (primary N) is 1. The van der Waals surface area contributed by atoms with E-state index in [1.807, 2.05) is 38.1 Å². The Kier molecular flexibility index (Phi) is 7.63. The first-order valence-electron chi connectivity index (χ1n) is 14.1. The van der Waals surface area contributed by atoms with Gasteiger partial charge in [-0.15, -0.1) is 0 Å². The summed E-state index contributed by atoms with van der Waals surface area (Å²) in [6.45, 7) is 6.09. The lowest BCUT2D eigenvalue weighted by molar-refractivity contribution is -0.132. The molecule has 6 rings (SSSR count). The Morgan fingerprint density at radius 1 is 1.23 bits per heavy atom. The summed E-state index contributed by atoms with van der Waals surface area (Å²) in [6.07, 6.45) is 2.77. The third-order valence-corrected chi connectivity index (χ3v) is 8.65. The second kappa shape index (κ2) is 10.9. The predicted octanol–water partition coefficient (Wildman–Crippen LogP) is 3.80. The molecule has 1 unspecified atom stereocenters. The number of guanidine groups is 1. The van der Waals surface area contributed by atoms with Gasteiger partial charge < -0.3 is 25.6 Å². The fourth-order valence-corrected chi connectivity index (χ4v) is 6.26. The molecule has 4 N–H and O–H groups in total. The SMILES string of the molecule is CCC12CCCc3ccc4c(c3)[C@@H](NC(=O)c3cccc(c3)[C@@H](CCOC)N(C(=O)C1)C(N)=N2)[C@H](O)C(C)(C)O4. The minimum atomic E-state index is -0.963. The first-order valence-corrected chi connectivity index (χ1v) is 14.1. The van der Waals surface area contributed by atoms with Crippen LogP contribution >= 0.6 is 0 Å². The molecule has 4 heterocycles. The lowest BCUT2D eigenvalue weighted by Gasteiger charge is -2.42. The Balaban J connectivity index is 1.63. The van der Waals surface area contributed by atoms with Crippen LogP contribution in [0.5, 0.6) is 5.75 Å². The van der Waals surface area contributed by atoms with Crippen LogP contribution in [-0.4, -0.2) is 58.7 Å². The molecule has 4 aliphatic rings. The van der Waals surface area contributed by atoms with Crippen molar-refractivity contribution in [3.63, 3.8) is 0 Å². The van der Waals surface area contributed by atoms with Gasteiger partial charge in [-0.3, -0.25) is 14.5 Å². The third kappa shape index (κ3) is 5.20. The third-order valence-electron chi connectivity index (χ3n) is 8.65. The van der Waals surface area contributed by atoms with Gasteiger partial charge >= 0.3 is 0 Å². The molecule has 214 valence electrons. The van der Waals surface area contributed by atoms with Crippen LogP contribution in [0.4, 0.5) is 0 Å². The Hall–Kier alpha value is -3.43. The van der Waals surface area contributed by atoms with Gasteiger partial charge in [-0.2, -0.15) is 0 Å². The molecule has 4 aliphatic heterocycles. The van der Waals surface area contributed by atoms with Gasteiger partial charge in [0.2, 0.25) is 5.91 Å². The molecule has 0 saturated carbocycles. The maximum atomic E-state index is 13.7.